The number of amides is 1. The zero-order valence-corrected chi connectivity index (χ0v) is 15.9. The number of carbonyl (C=O) groups excluding carboxylic acids is 1. The van der Waals surface area contributed by atoms with E-state index in [1.165, 1.54) is 29.5 Å². The Hall–Kier alpha value is -4.18. The van der Waals surface area contributed by atoms with Crippen LogP contribution in [-0.2, 0) is 4.74 Å². The lowest BCUT2D eigenvalue weighted by Crippen LogP contribution is -2.26. The highest BCUT2D eigenvalue weighted by molar-refractivity contribution is 5.79. The molecule has 4 rings (SSSR count). The summed E-state index contributed by atoms with van der Waals surface area (Å²) in [6.45, 7) is 0.327. The van der Waals surface area contributed by atoms with Gasteiger partial charge in [-0.25, -0.2) is 4.79 Å². The number of aromatic nitrogens is 1. The molecule has 7 heteroatoms. The van der Waals surface area contributed by atoms with E-state index in [1.54, 1.807) is 0 Å². The van der Waals surface area contributed by atoms with Crippen molar-refractivity contribution in [2.75, 3.05) is 13.2 Å². The van der Waals surface area contributed by atoms with Crippen molar-refractivity contribution in [3.63, 3.8) is 0 Å². The Labute approximate surface area is 172 Å². The number of nitro groups is 1. The van der Waals surface area contributed by atoms with Gasteiger partial charge in [0.15, 0.2) is 6.20 Å². The van der Waals surface area contributed by atoms with Crippen molar-refractivity contribution in [1.82, 2.24) is 10.3 Å². The highest BCUT2D eigenvalue weighted by Gasteiger charge is 2.28. The van der Waals surface area contributed by atoms with Crippen LogP contribution in [0.25, 0.3) is 11.1 Å². The molecule has 0 aliphatic heterocycles. The standard InChI is InChI=1S/C23H17N3O4/c27-23(24-13-5-6-16-11-12-22(25-14-16)26(28)29)30-15-21-19-9-3-1-7-17(19)18-8-2-4-10-20(18)21/h1-4,7-12,14,21H,13,15H2,(H,24,27). The second kappa shape index (κ2) is 8.45. The second-order valence-corrected chi connectivity index (χ2v) is 6.64. The van der Waals surface area contributed by atoms with E-state index in [0.717, 1.165) is 11.1 Å². The van der Waals surface area contributed by atoms with E-state index < -0.39 is 11.0 Å². The number of rotatable bonds is 4. The van der Waals surface area contributed by atoms with Crippen molar-refractivity contribution < 1.29 is 14.5 Å². The van der Waals surface area contributed by atoms with Crippen molar-refractivity contribution in [3.8, 4) is 23.0 Å². The zero-order chi connectivity index (χ0) is 20.9. The third-order valence-corrected chi connectivity index (χ3v) is 4.83. The molecule has 2 aromatic carbocycles. The molecule has 3 aromatic rings. The van der Waals surface area contributed by atoms with Gasteiger partial charge in [0.25, 0.3) is 0 Å². The first-order valence-electron chi connectivity index (χ1n) is 9.31. The Balaban J connectivity index is 1.32. The van der Waals surface area contributed by atoms with Crippen molar-refractivity contribution in [2.45, 2.75) is 5.92 Å². The molecule has 0 saturated carbocycles. The summed E-state index contributed by atoms with van der Waals surface area (Å²) < 4.78 is 5.43. The lowest BCUT2D eigenvalue weighted by Gasteiger charge is -2.14. The number of nitrogens with one attached hydrogen (secondary N) is 1. The van der Waals surface area contributed by atoms with Crippen LogP contribution in [0.1, 0.15) is 22.6 Å². The number of nitrogens with zero attached hydrogens (tertiary/aromatic N) is 2. The predicted molar refractivity (Wildman–Crippen MR) is 111 cm³/mol. The van der Waals surface area contributed by atoms with Crippen LogP contribution in [0.3, 0.4) is 0 Å². The lowest BCUT2D eigenvalue weighted by atomic mass is 9.98. The molecule has 0 spiro atoms. The second-order valence-electron chi connectivity index (χ2n) is 6.64. The molecule has 1 heterocycles. The minimum atomic E-state index is -0.574. The van der Waals surface area contributed by atoms with Crippen molar-refractivity contribution >= 4 is 11.9 Å². The Kier molecular flexibility index (Phi) is 5.39. The summed E-state index contributed by atoms with van der Waals surface area (Å²) in [5, 5.41) is 13.2. The Morgan fingerprint density at radius 1 is 1.07 bits per heavy atom. The van der Waals surface area contributed by atoms with Gasteiger partial charge in [-0.1, -0.05) is 60.4 Å². The molecule has 30 heavy (non-hydrogen) atoms. The van der Waals surface area contributed by atoms with E-state index in [1.807, 2.05) is 24.3 Å². The predicted octanol–water partition coefficient (Wildman–Crippen LogP) is 3.88. The molecule has 0 saturated heterocycles. The van der Waals surface area contributed by atoms with Gasteiger partial charge >= 0.3 is 11.9 Å². The first-order chi connectivity index (χ1) is 14.6. The maximum atomic E-state index is 12.1. The summed E-state index contributed by atoms with van der Waals surface area (Å²) in [5.74, 6) is 5.31. The first-order valence-corrected chi connectivity index (χ1v) is 9.31. The van der Waals surface area contributed by atoms with Crippen LogP contribution in [0.2, 0.25) is 0 Å². The molecule has 0 bridgehead atoms. The smallest absolute Gasteiger partial charge is 0.407 e. The van der Waals surface area contributed by atoms with Gasteiger partial charge in [-0.05, 0) is 38.2 Å². The maximum Gasteiger partial charge on any atom is 0.407 e. The van der Waals surface area contributed by atoms with Gasteiger partial charge in [0.2, 0.25) is 0 Å². The summed E-state index contributed by atoms with van der Waals surface area (Å²) in [7, 11) is 0. The van der Waals surface area contributed by atoms with Crippen LogP contribution >= 0.6 is 0 Å². The van der Waals surface area contributed by atoms with Gasteiger partial charge in [-0.15, -0.1) is 0 Å². The van der Waals surface area contributed by atoms with Crippen molar-refractivity contribution in [3.05, 3.63) is 93.7 Å². The highest BCUT2D eigenvalue weighted by atomic mass is 16.6. The number of benzene rings is 2. The van der Waals surface area contributed by atoms with Crippen molar-refractivity contribution in [1.29, 1.82) is 0 Å². The van der Waals surface area contributed by atoms with Crippen molar-refractivity contribution in [2.24, 2.45) is 0 Å². The Morgan fingerprint density at radius 3 is 2.33 bits per heavy atom. The van der Waals surface area contributed by atoms with Crippen LogP contribution < -0.4 is 5.32 Å². The number of alkyl carbamates (subject to hydrolysis) is 1. The summed E-state index contributed by atoms with van der Waals surface area (Å²) in [5.41, 5.74) is 5.17. The van der Waals surface area contributed by atoms with E-state index in [-0.39, 0.29) is 24.9 Å². The third-order valence-electron chi connectivity index (χ3n) is 4.83. The third kappa shape index (κ3) is 3.98. The van der Waals surface area contributed by atoms with Gasteiger partial charge in [0.1, 0.15) is 6.61 Å². The number of ether oxygens (including phenoxy) is 1. The number of pyridine rings is 1. The van der Waals surface area contributed by atoms with Crippen LogP contribution in [-0.4, -0.2) is 29.2 Å². The van der Waals surface area contributed by atoms with E-state index in [0.29, 0.717) is 5.56 Å². The molecule has 0 fully saturated rings. The van der Waals surface area contributed by atoms with Gasteiger partial charge in [-0.2, -0.15) is 0 Å². The molecule has 0 unspecified atom stereocenters. The molecular weight excluding hydrogens is 382 g/mol. The fraction of sp³-hybridized carbons (Fsp3) is 0.130. The zero-order valence-electron chi connectivity index (χ0n) is 15.9. The quantitative estimate of drug-likeness (QED) is 0.408. The molecule has 7 nitrogen and oxygen atoms in total. The summed E-state index contributed by atoms with van der Waals surface area (Å²) in [6.07, 6.45) is 0.770. The normalized spacial score (nSPS) is 11.6. The van der Waals surface area contributed by atoms with Crippen LogP contribution in [0.15, 0.2) is 66.9 Å². The van der Waals surface area contributed by atoms with E-state index >= 15 is 0 Å². The van der Waals surface area contributed by atoms with Gasteiger partial charge in [0.05, 0.1) is 12.1 Å². The SMILES string of the molecule is O=C(NCC#Cc1ccc([N+](=O)[O-])nc1)OCC1c2ccccc2-c2ccccc21. The molecule has 0 atom stereocenters. The van der Waals surface area contributed by atoms with Crippen LogP contribution in [0, 0.1) is 22.0 Å². The largest absolute Gasteiger partial charge is 0.449 e. The lowest BCUT2D eigenvalue weighted by molar-refractivity contribution is -0.389. The minimum Gasteiger partial charge on any atom is -0.449 e. The van der Waals surface area contributed by atoms with Gasteiger partial charge < -0.3 is 20.2 Å². The van der Waals surface area contributed by atoms with Gasteiger partial charge in [-0.3, -0.25) is 0 Å². The number of hydrogen-bond donors (Lipinski definition) is 1. The van der Waals surface area contributed by atoms with Crippen LogP contribution in [0.5, 0.6) is 0 Å². The molecule has 0 radical (unpaired) electrons. The van der Waals surface area contributed by atoms with Gasteiger partial charge in [0, 0.05) is 12.0 Å². The van der Waals surface area contributed by atoms with E-state index in [4.69, 9.17) is 4.74 Å². The molecule has 1 amide bonds. The number of fused-ring (bicyclic) bond motifs is 3. The fourth-order valence-corrected chi connectivity index (χ4v) is 3.48. The first kappa shape index (κ1) is 19.2. The topological polar surface area (TPSA) is 94.4 Å². The molecule has 1 aromatic heterocycles. The average molecular weight is 399 g/mol. The highest BCUT2D eigenvalue weighted by Crippen LogP contribution is 2.44. The van der Waals surface area contributed by atoms with Crippen LogP contribution in [0.4, 0.5) is 10.6 Å². The Bertz CT molecular complexity index is 1120. The number of hydrogen-bond acceptors (Lipinski definition) is 5. The minimum absolute atomic E-state index is 0.000387. The molecular formula is C23H17N3O4. The Morgan fingerprint density at radius 2 is 1.73 bits per heavy atom. The maximum absolute atomic E-state index is 12.1. The van der Waals surface area contributed by atoms with E-state index in [2.05, 4.69) is 46.4 Å². The molecule has 1 aliphatic rings. The summed E-state index contributed by atoms with van der Waals surface area (Å²) in [4.78, 5) is 25.8. The fourth-order valence-electron chi connectivity index (χ4n) is 3.48. The molecule has 148 valence electrons. The summed E-state index contributed by atoms with van der Waals surface area (Å²) in [6, 6.07) is 19.0. The molecule has 1 aliphatic carbocycles. The monoisotopic (exact) mass is 399 g/mol. The number of carbonyl (C=O) groups is 1. The van der Waals surface area contributed by atoms with E-state index in [9.17, 15) is 14.9 Å². The summed E-state index contributed by atoms with van der Waals surface area (Å²) >= 11 is 0. The molecule has 1 N–H and O–H groups in total. The average Bonchev–Trinajstić information content (AvgIpc) is 3.09.